The smallest absolute Gasteiger partial charge is 0.323 e. The van der Waals surface area contributed by atoms with E-state index in [1.54, 1.807) is 15.9 Å². The van der Waals surface area contributed by atoms with E-state index < -0.39 is 5.97 Å². The Bertz CT molecular complexity index is 1450. The standard InChI is InChI=1S/C25H19N3O2S/c29-22(30)15-28-13-10-16-14-17(6-8-20(16)28)23-26-19-7-9-21(27-24(19)31-23)25(11-12-25)18-4-2-1-3-5-18/h1-10,13-14H,11-12,15H2,(H,29,30). The van der Waals surface area contributed by atoms with Crippen LogP contribution in [-0.4, -0.2) is 25.6 Å². The van der Waals surface area contributed by atoms with Gasteiger partial charge in [-0.15, -0.1) is 0 Å². The number of pyridine rings is 1. The number of thiazole rings is 1. The molecule has 3 heterocycles. The summed E-state index contributed by atoms with van der Waals surface area (Å²) in [6, 6.07) is 22.8. The van der Waals surface area contributed by atoms with Crippen molar-refractivity contribution in [1.29, 1.82) is 0 Å². The molecule has 1 fully saturated rings. The molecule has 5 nitrogen and oxygen atoms in total. The van der Waals surface area contributed by atoms with Crippen LogP contribution in [0, 0.1) is 0 Å². The van der Waals surface area contributed by atoms with E-state index in [2.05, 4.69) is 48.5 Å². The number of carboxylic acid groups (broad SMARTS) is 1. The first-order valence-corrected chi connectivity index (χ1v) is 11.1. The molecule has 1 aliphatic rings. The lowest BCUT2D eigenvalue weighted by molar-refractivity contribution is -0.137. The Balaban J connectivity index is 1.38. The molecule has 1 saturated carbocycles. The average Bonchev–Trinajstić information content (AvgIpc) is 3.34. The molecule has 1 N–H and O–H groups in total. The largest absolute Gasteiger partial charge is 0.480 e. The Hall–Kier alpha value is -3.51. The first-order valence-electron chi connectivity index (χ1n) is 10.3. The summed E-state index contributed by atoms with van der Waals surface area (Å²) in [5.41, 5.74) is 5.35. The maximum Gasteiger partial charge on any atom is 0.323 e. The van der Waals surface area contributed by atoms with Crippen LogP contribution in [0.5, 0.6) is 0 Å². The van der Waals surface area contributed by atoms with Crippen LogP contribution in [0.4, 0.5) is 0 Å². The number of nitrogens with zero attached hydrogens (tertiary/aromatic N) is 3. The van der Waals surface area contributed by atoms with Crippen molar-refractivity contribution in [2.24, 2.45) is 0 Å². The molecule has 0 amide bonds. The highest BCUT2D eigenvalue weighted by atomic mass is 32.1. The van der Waals surface area contributed by atoms with Crippen LogP contribution in [0.3, 0.4) is 0 Å². The minimum absolute atomic E-state index is 0.0418. The van der Waals surface area contributed by atoms with Crippen LogP contribution >= 0.6 is 11.3 Å². The zero-order valence-corrected chi connectivity index (χ0v) is 17.5. The van der Waals surface area contributed by atoms with E-state index in [0.29, 0.717) is 0 Å². The molecule has 0 bridgehead atoms. The fourth-order valence-corrected chi connectivity index (χ4v) is 5.33. The summed E-state index contributed by atoms with van der Waals surface area (Å²) in [6.07, 6.45) is 4.07. The molecule has 31 heavy (non-hydrogen) atoms. The van der Waals surface area contributed by atoms with Crippen LogP contribution in [-0.2, 0) is 16.8 Å². The quantitative estimate of drug-likeness (QED) is 0.405. The number of benzene rings is 2. The zero-order valence-electron chi connectivity index (χ0n) is 16.7. The lowest BCUT2D eigenvalue weighted by atomic mass is 9.92. The molecule has 0 unspecified atom stereocenters. The number of fused-ring (bicyclic) bond motifs is 2. The van der Waals surface area contributed by atoms with Gasteiger partial charge in [0, 0.05) is 28.1 Å². The van der Waals surface area contributed by atoms with Crippen molar-refractivity contribution >= 4 is 38.6 Å². The molecule has 0 aliphatic heterocycles. The van der Waals surface area contributed by atoms with E-state index in [0.717, 1.165) is 50.4 Å². The highest BCUT2D eigenvalue weighted by Crippen LogP contribution is 2.53. The van der Waals surface area contributed by atoms with Crippen LogP contribution in [0.15, 0.2) is 72.9 Å². The number of hydrogen-bond acceptors (Lipinski definition) is 4. The van der Waals surface area contributed by atoms with Gasteiger partial charge >= 0.3 is 5.97 Å². The molecule has 2 aromatic carbocycles. The highest BCUT2D eigenvalue weighted by molar-refractivity contribution is 7.21. The van der Waals surface area contributed by atoms with Crippen molar-refractivity contribution in [3.63, 3.8) is 0 Å². The van der Waals surface area contributed by atoms with Gasteiger partial charge in [-0.25, -0.2) is 9.97 Å². The first kappa shape index (κ1) is 18.3. The van der Waals surface area contributed by atoms with Gasteiger partial charge in [-0.05, 0) is 54.8 Å². The molecular formula is C25H19N3O2S. The molecule has 1 aliphatic carbocycles. The van der Waals surface area contributed by atoms with Gasteiger partial charge < -0.3 is 9.67 Å². The van der Waals surface area contributed by atoms with E-state index in [-0.39, 0.29) is 12.0 Å². The SMILES string of the molecule is O=C(O)Cn1ccc2cc(-c3nc4ccc(C5(c6ccccc6)CC5)nc4s3)ccc21. The van der Waals surface area contributed by atoms with Crippen LogP contribution in [0.1, 0.15) is 24.1 Å². The molecule has 6 heteroatoms. The van der Waals surface area contributed by atoms with Gasteiger partial charge in [0.2, 0.25) is 0 Å². The second-order valence-corrected chi connectivity index (χ2v) is 9.08. The summed E-state index contributed by atoms with van der Waals surface area (Å²) in [6.45, 7) is -0.0418. The van der Waals surface area contributed by atoms with E-state index in [9.17, 15) is 4.79 Å². The second kappa shape index (κ2) is 6.75. The third-order valence-electron chi connectivity index (χ3n) is 6.15. The topological polar surface area (TPSA) is 68.0 Å². The minimum atomic E-state index is -0.849. The number of aromatic nitrogens is 3. The van der Waals surface area contributed by atoms with Crippen molar-refractivity contribution in [2.45, 2.75) is 24.8 Å². The van der Waals surface area contributed by atoms with Crippen molar-refractivity contribution < 1.29 is 9.90 Å². The fourth-order valence-electron chi connectivity index (χ4n) is 4.40. The van der Waals surface area contributed by atoms with E-state index in [4.69, 9.17) is 15.1 Å². The normalized spacial score (nSPS) is 14.8. The molecule has 152 valence electrons. The summed E-state index contributed by atoms with van der Waals surface area (Å²) in [7, 11) is 0. The van der Waals surface area contributed by atoms with Crippen molar-refractivity contribution in [3.05, 3.63) is 84.2 Å². The Morgan fingerprint density at radius 1 is 1.03 bits per heavy atom. The van der Waals surface area contributed by atoms with Crippen LogP contribution in [0.2, 0.25) is 0 Å². The van der Waals surface area contributed by atoms with Gasteiger partial charge in [-0.3, -0.25) is 4.79 Å². The average molecular weight is 426 g/mol. The van der Waals surface area contributed by atoms with Crippen molar-refractivity contribution in [1.82, 2.24) is 14.5 Å². The molecule has 0 radical (unpaired) electrons. The third-order valence-corrected chi connectivity index (χ3v) is 7.16. The lowest BCUT2D eigenvalue weighted by Crippen LogP contribution is -2.10. The van der Waals surface area contributed by atoms with Gasteiger partial charge in [0.1, 0.15) is 21.9 Å². The molecule has 5 aromatic rings. The number of hydrogen-bond donors (Lipinski definition) is 1. The van der Waals surface area contributed by atoms with E-state index in [1.807, 2.05) is 24.4 Å². The van der Waals surface area contributed by atoms with Gasteiger partial charge in [-0.1, -0.05) is 41.7 Å². The van der Waals surface area contributed by atoms with Crippen LogP contribution < -0.4 is 0 Å². The number of rotatable bonds is 5. The van der Waals surface area contributed by atoms with Gasteiger partial charge in [0.25, 0.3) is 0 Å². The van der Waals surface area contributed by atoms with Crippen molar-refractivity contribution in [3.8, 4) is 10.6 Å². The maximum absolute atomic E-state index is 11.1. The Morgan fingerprint density at radius 3 is 2.65 bits per heavy atom. The Morgan fingerprint density at radius 2 is 1.87 bits per heavy atom. The molecule has 3 aromatic heterocycles. The Kier molecular flexibility index (Phi) is 3.98. The maximum atomic E-state index is 11.1. The predicted octanol–water partition coefficient (Wildman–Crippen LogP) is 5.48. The highest BCUT2D eigenvalue weighted by Gasteiger charge is 2.47. The molecular weight excluding hydrogens is 406 g/mol. The monoisotopic (exact) mass is 425 g/mol. The number of carboxylic acids is 1. The van der Waals surface area contributed by atoms with Crippen molar-refractivity contribution in [2.75, 3.05) is 0 Å². The summed E-state index contributed by atoms with van der Waals surface area (Å²) in [5, 5.41) is 11.0. The molecule has 0 saturated heterocycles. The predicted molar refractivity (Wildman–Crippen MR) is 122 cm³/mol. The summed E-state index contributed by atoms with van der Waals surface area (Å²) < 4.78 is 1.74. The summed E-state index contributed by atoms with van der Waals surface area (Å²) in [5.74, 6) is -0.849. The molecule has 6 rings (SSSR count). The lowest BCUT2D eigenvalue weighted by Gasteiger charge is -2.14. The van der Waals surface area contributed by atoms with E-state index in [1.165, 1.54) is 5.56 Å². The number of aliphatic carboxylic acids is 1. The minimum Gasteiger partial charge on any atom is -0.480 e. The summed E-state index contributed by atoms with van der Waals surface area (Å²) >= 11 is 1.61. The molecule has 0 spiro atoms. The number of carbonyl (C=O) groups is 1. The third kappa shape index (κ3) is 3.02. The summed E-state index contributed by atoms with van der Waals surface area (Å²) in [4.78, 5) is 21.8. The Labute approximate surface area is 182 Å². The fraction of sp³-hybridized carbons (Fsp3) is 0.160. The zero-order chi connectivity index (χ0) is 21.0. The second-order valence-electron chi connectivity index (χ2n) is 8.10. The van der Waals surface area contributed by atoms with Crippen LogP contribution in [0.25, 0.3) is 31.8 Å². The van der Waals surface area contributed by atoms with E-state index >= 15 is 0 Å². The van der Waals surface area contributed by atoms with Gasteiger partial charge in [-0.2, -0.15) is 0 Å². The molecule has 0 atom stereocenters. The first-order chi connectivity index (χ1) is 15.1. The van der Waals surface area contributed by atoms with Gasteiger partial charge in [0.15, 0.2) is 0 Å². The van der Waals surface area contributed by atoms with Gasteiger partial charge in [0.05, 0.1) is 5.69 Å².